The van der Waals surface area contributed by atoms with E-state index in [9.17, 15) is 9.50 Å². The minimum atomic E-state index is -0.884. The summed E-state index contributed by atoms with van der Waals surface area (Å²) >= 11 is 1.64. The first-order valence-corrected chi connectivity index (χ1v) is 8.14. The molecule has 6 heteroatoms. The lowest BCUT2D eigenvalue weighted by Gasteiger charge is -2.23. The smallest absolute Gasteiger partial charge is 0.126 e. The summed E-state index contributed by atoms with van der Waals surface area (Å²) in [6, 6.07) is 6.00. The van der Waals surface area contributed by atoms with Gasteiger partial charge in [0, 0.05) is 30.6 Å². The number of aryl methyl sites for hydroxylation is 1. The summed E-state index contributed by atoms with van der Waals surface area (Å²) in [6.07, 6.45) is 0.653. The van der Waals surface area contributed by atoms with Crippen molar-refractivity contribution in [3.63, 3.8) is 0 Å². The molecule has 1 aromatic carbocycles. The van der Waals surface area contributed by atoms with E-state index in [1.807, 2.05) is 12.4 Å². The van der Waals surface area contributed by atoms with Gasteiger partial charge in [-0.3, -0.25) is 4.90 Å². The van der Waals surface area contributed by atoms with Gasteiger partial charge in [-0.15, -0.1) is 11.3 Å². The molecule has 1 aromatic heterocycles. The van der Waals surface area contributed by atoms with Crippen molar-refractivity contribution in [1.82, 2.24) is 9.88 Å². The Hall–Kier alpha value is -1.50. The molecule has 0 bridgehead atoms. The van der Waals surface area contributed by atoms with Gasteiger partial charge in [0.1, 0.15) is 23.8 Å². The third-order valence-corrected chi connectivity index (χ3v) is 4.85. The second-order valence-electron chi connectivity index (χ2n) is 5.79. The predicted molar refractivity (Wildman–Crippen MR) is 83.6 cm³/mol. The predicted octanol–water partition coefficient (Wildman–Crippen LogP) is 2.61. The summed E-state index contributed by atoms with van der Waals surface area (Å²) in [4.78, 5) is 7.68. The van der Waals surface area contributed by atoms with E-state index in [1.54, 1.807) is 23.5 Å². The summed E-state index contributed by atoms with van der Waals surface area (Å²) in [5.74, 6) is 0.114. The first-order chi connectivity index (χ1) is 10.5. The van der Waals surface area contributed by atoms with E-state index in [4.69, 9.17) is 4.74 Å². The average molecular weight is 322 g/mol. The summed E-state index contributed by atoms with van der Waals surface area (Å²) in [6.45, 7) is 4.36. The van der Waals surface area contributed by atoms with E-state index in [0.29, 0.717) is 18.7 Å². The number of ether oxygens (including phenoxy) is 1. The topological polar surface area (TPSA) is 45.6 Å². The molecule has 0 spiro atoms. The number of hydrogen-bond acceptors (Lipinski definition) is 5. The standard InChI is InChI=1S/C16H19FN2O2S/c1-12-15(22-11-18-12)8-19-6-5-16(20,9-19)10-21-14-4-2-3-13(17)7-14/h2-4,7,11,20H,5-6,8-10H2,1H3. The fourth-order valence-electron chi connectivity index (χ4n) is 2.65. The van der Waals surface area contributed by atoms with Gasteiger partial charge < -0.3 is 9.84 Å². The van der Waals surface area contributed by atoms with Crippen molar-refractivity contribution < 1.29 is 14.2 Å². The lowest BCUT2D eigenvalue weighted by atomic mass is 10.1. The number of aromatic nitrogens is 1. The Balaban J connectivity index is 1.55. The molecule has 118 valence electrons. The molecule has 0 radical (unpaired) electrons. The SMILES string of the molecule is Cc1ncsc1CN1CCC(O)(COc2cccc(F)c2)C1. The van der Waals surface area contributed by atoms with E-state index in [2.05, 4.69) is 9.88 Å². The number of rotatable bonds is 5. The second kappa shape index (κ2) is 6.32. The number of thiazole rings is 1. The maximum atomic E-state index is 13.1. The van der Waals surface area contributed by atoms with Crippen molar-refractivity contribution in [3.8, 4) is 5.75 Å². The minimum absolute atomic E-state index is 0.175. The zero-order valence-electron chi connectivity index (χ0n) is 12.5. The van der Waals surface area contributed by atoms with Crippen LogP contribution in [-0.2, 0) is 6.54 Å². The Bertz CT molecular complexity index is 649. The number of nitrogens with zero attached hydrogens (tertiary/aromatic N) is 2. The van der Waals surface area contributed by atoms with Gasteiger partial charge in [0.05, 0.1) is 11.2 Å². The maximum absolute atomic E-state index is 13.1. The van der Waals surface area contributed by atoms with Crippen LogP contribution < -0.4 is 4.74 Å². The fourth-order valence-corrected chi connectivity index (χ4v) is 3.47. The highest BCUT2D eigenvalue weighted by Gasteiger charge is 2.37. The van der Waals surface area contributed by atoms with Gasteiger partial charge >= 0.3 is 0 Å². The van der Waals surface area contributed by atoms with E-state index in [0.717, 1.165) is 18.8 Å². The van der Waals surface area contributed by atoms with Crippen LogP contribution in [0.1, 0.15) is 17.0 Å². The zero-order valence-corrected chi connectivity index (χ0v) is 13.3. The Kier molecular flexibility index (Phi) is 4.42. The zero-order chi connectivity index (χ0) is 15.6. The van der Waals surface area contributed by atoms with Gasteiger partial charge in [-0.2, -0.15) is 0 Å². The number of β-amino-alcohol motifs (C(OH)–C–C–N with tert-alkyl or cyclic N) is 1. The molecule has 0 amide bonds. The number of benzene rings is 1. The van der Waals surface area contributed by atoms with E-state index in [1.165, 1.54) is 17.0 Å². The average Bonchev–Trinajstić information content (AvgIpc) is 3.05. The van der Waals surface area contributed by atoms with Crippen LogP contribution in [0, 0.1) is 12.7 Å². The Morgan fingerprint density at radius 1 is 1.50 bits per heavy atom. The molecule has 1 aliphatic rings. The molecule has 0 aliphatic carbocycles. The minimum Gasteiger partial charge on any atom is -0.490 e. The molecular formula is C16H19FN2O2S. The highest BCUT2D eigenvalue weighted by Crippen LogP contribution is 2.26. The van der Waals surface area contributed by atoms with Gasteiger partial charge in [-0.1, -0.05) is 6.07 Å². The first-order valence-electron chi connectivity index (χ1n) is 7.26. The molecular weight excluding hydrogens is 303 g/mol. The van der Waals surface area contributed by atoms with Crippen LogP contribution in [0.15, 0.2) is 29.8 Å². The lowest BCUT2D eigenvalue weighted by molar-refractivity contribution is 0.00334. The summed E-state index contributed by atoms with van der Waals surface area (Å²) in [5.41, 5.74) is 2.02. The quantitative estimate of drug-likeness (QED) is 0.919. The number of halogens is 1. The Morgan fingerprint density at radius 2 is 2.36 bits per heavy atom. The van der Waals surface area contributed by atoms with E-state index >= 15 is 0 Å². The van der Waals surface area contributed by atoms with Crippen molar-refractivity contribution >= 4 is 11.3 Å². The maximum Gasteiger partial charge on any atom is 0.126 e. The van der Waals surface area contributed by atoms with Gasteiger partial charge in [0.25, 0.3) is 0 Å². The molecule has 1 unspecified atom stereocenters. The molecule has 1 atom stereocenters. The van der Waals surface area contributed by atoms with Crippen molar-refractivity contribution in [2.45, 2.75) is 25.5 Å². The molecule has 2 aromatic rings. The van der Waals surface area contributed by atoms with Crippen molar-refractivity contribution in [1.29, 1.82) is 0 Å². The Labute approximate surface area is 133 Å². The molecule has 2 heterocycles. The molecule has 22 heavy (non-hydrogen) atoms. The van der Waals surface area contributed by atoms with E-state index < -0.39 is 5.60 Å². The van der Waals surface area contributed by atoms with Crippen LogP contribution >= 0.6 is 11.3 Å². The fraction of sp³-hybridized carbons (Fsp3) is 0.438. The lowest BCUT2D eigenvalue weighted by Crippen LogP contribution is -2.39. The molecule has 1 N–H and O–H groups in total. The highest BCUT2D eigenvalue weighted by atomic mass is 32.1. The van der Waals surface area contributed by atoms with Crippen LogP contribution in [0.5, 0.6) is 5.75 Å². The van der Waals surface area contributed by atoms with Crippen molar-refractivity contribution in [2.75, 3.05) is 19.7 Å². The van der Waals surface area contributed by atoms with Crippen LogP contribution in [0.25, 0.3) is 0 Å². The van der Waals surface area contributed by atoms with Gasteiger partial charge in [-0.25, -0.2) is 9.37 Å². The first kappa shape index (κ1) is 15.4. The van der Waals surface area contributed by atoms with Crippen LogP contribution in [0.2, 0.25) is 0 Å². The molecule has 0 saturated carbocycles. The molecule has 1 fully saturated rings. The third kappa shape index (κ3) is 3.63. The summed E-state index contributed by atoms with van der Waals surface area (Å²) in [7, 11) is 0. The second-order valence-corrected chi connectivity index (χ2v) is 6.73. The van der Waals surface area contributed by atoms with Crippen molar-refractivity contribution in [3.05, 3.63) is 46.2 Å². The van der Waals surface area contributed by atoms with Crippen LogP contribution in [0.3, 0.4) is 0 Å². The molecule has 1 saturated heterocycles. The molecule has 3 rings (SSSR count). The number of aliphatic hydroxyl groups is 1. The number of hydrogen-bond donors (Lipinski definition) is 1. The highest BCUT2D eigenvalue weighted by molar-refractivity contribution is 7.09. The van der Waals surface area contributed by atoms with Crippen LogP contribution in [-0.4, -0.2) is 40.3 Å². The molecule has 4 nitrogen and oxygen atoms in total. The normalized spacial score (nSPS) is 22.1. The summed E-state index contributed by atoms with van der Waals surface area (Å²) in [5, 5.41) is 10.6. The summed E-state index contributed by atoms with van der Waals surface area (Å²) < 4.78 is 18.7. The largest absolute Gasteiger partial charge is 0.490 e. The molecule has 1 aliphatic heterocycles. The van der Waals surface area contributed by atoms with Gasteiger partial charge in [-0.05, 0) is 25.5 Å². The van der Waals surface area contributed by atoms with Crippen LogP contribution in [0.4, 0.5) is 4.39 Å². The van der Waals surface area contributed by atoms with E-state index in [-0.39, 0.29) is 12.4 Å². The Morgan fingerprint density at radius 3 is 3.09 bits per heavy atom. The van der Waals surface area contributed by atoms with Gasteiger partial charge in [0.15, 0.2) is 0 Å². The van der Waals surface area contributed by atoms with Crippen molar-refractivity contribution in [2.24, 2.45) is 0 Å². The van der Waals surface area contributed by atoms with Gasteiger partial charge in [0.2, 0.25) is 0 Å². The number of likely N-dealkylation sites (tertiary alicyclic amines) is 1. The third-order valence-electron chi connectivity index (χ3n) is 3.93. The monoisotopic (exact) mass is 322 g/mol.